The van der Waals surface area contributed by atoms with Gasteiger partial charge in [0.15, 0.2) is 0 Å². The first-order valence-corrected chi connectivity index (χ1v) is 6.39. The molecule has 0 saturated heterocycles. The maximum atomic E-state index is 13.1. The second kappa shape index (κ2) is 5.91. The molecular weight excluding hydrogens is 221 g/mol. The topological polar surface area (TPSA) is 23.8 Å². The first-order chi connectivity index (χ1) is 7.52. The smallest absolute Gasteiger partial charge is 0.124 e. The molecule has 0 aromatic heterocycles. The van der Waals surface area contributed by atoms with E-state index < -0.39 is 0 Å². The summed E-state index contributed by atoms with van der Waals surface area (Å²) in [6, 6.07) is 6.49. The number of benzene rings is 1. The Morgan fingerprint density at radius 3 is 2.56 bits per heavy atom. The standard InChI is InChI=1S/C13H16FNS/c1-9(2)10(3)16-8-12-4-11(7-15)5-13(14)6-12/h4-6,9-10H,8H2,1-3H3. The van der Waals surface area contributed by atoms with Gasteiger partial charge >= 0.3 is 0 Å². The second-order valence-corrected chi connectivity index (χ2v) is 5.59. The Balaban J connectivity index is 2.68. The van der Waals surface area contributed by atoms with Gasteiger partial charge in [0, 0.05) is 11.0 Å². The van der Waals surface area contributed by atoms with E-state index in [2.05, 4.69) is 20.8 Å². The molecule has 0 aliphatic heterocycles. The van der Waals surface area contributed by atoms with Gasteiger partial charge in [0.25, 0.3) is 0 Å². The van der Waals surface area contributed by atoms with Gasteiger partial charge in [0.2, 0.25) is 0 Å². The zero-order valence-corrected chi connectivity index (χ0v) is 10.6. The molecule has 1 atom stereocenters. The lowest BCUT2D eigenvalue weighted by molar-refractivity contribution is 0.625. The lowest BCUT2D eigenvalue weighted by Gasteiger charge is -2.14. The summed E-state index contributed by atoms with van der Waals surface area (Å²) in [6.45, 7) is 6.51. The summed E-state index contributed by atoms with van der Waals surface area (Å²) in [7, 11) is 0. The van der Waals surface area contributed by atoms with Gasteiger partial charge in [-0.1, -0.05) is 20.8 Å². The maximum absolute atomic E-state index is 13.1. The van der Waals surface area contributed by atoms with E-state index in [1.54, 1.807) is 17.8 Å². The summed E-state index contributed by atoms with van der Waals surface area (Å²) in [5, 5.41) is 9.26. The van der Waals surface area contributed by atoms with Crippen LogP contribution in [0, 0.1) is 23.1 Å². The minimum atomic E-state index is -0.327. The van der Waals surface area contributed by atoms with Crippen molar-refractivity contribution in [3.05, 3.63) is 35.1 Å². The van der Waals surface area contributed by atoms with Crippen molar-refractivity contribution in [3.63, 3.8) is 0 Å². The second-order valence-electron chi connectivity index (χ2n) is 4.22. The van der Waals surface area contributed by atoms with Crippen molar-refractivity contribution < 1.29 is 4.39 Å². The molecule has 1 aromatic rings. The zero-order valence-electron chi connectivity index (χ0n) is 9.83. The van der Waals surface area contributed by atoms with Crippen molar-refractivity contribution in [2.75, 3.05) is 0 Å². The molecule has 0 aliphatic rings. The van der Waals surface area contributed by atoms with E-state index in [1.165, 1.54) is 12.1 Å². The molecule has 0 spiro atoms. The number of thioether (sulfide) groups is 1. The largest absolute Gasteiger partial charge is 0.207 e. The SMILES string of the molecule is CC(C)C(C)SCc1cc(F)cc(C#N)c1. The third-order valence-corrected chi connectivity index (χ3v) is 4.11. The van der Waals surface area contributed by atoms with Crippen molar-refractivity contribution in [1.82, 2.24) is 0 Å². The third kappa shape index (κ3) is 3.86. The Morgan fingerprint density at radius 2 is 2.00 bits per heavy atom. The van der Waals surface area contributed by atoms with Crippen LogP contribution in [0.5, 0.6) is 0 Å². The van der Waals surface area contributed by atoms with E-state index in [0.29, 0.717) is 16.7 Å². The van der Waals surface area contributed by atoms with Gasteiger partial charge in [-0.3, -0.25) is 0 Å². The van der Waals surface area contributed by atoms with Gasteiger partial charge < -0.3 is 0 Å². The van der Waals surface area contributed by atoms with E-state index in [1.807, 2.05) is 6.07 Å². The van der Waals surface area contributed by atoms with E-state index >= 15 is 0 Å². The van der Waals surface area contributed by atoms with Crippen molar-refractivity contribution in [2.45, 2.75) is 31.8 Å². The highest BCUT2D eigenvalue weighted by atomic mass is 32.2. The van der Waals surface area contributed by atoms with E-state index in [0.717, 1.165) is 11.3 Å². The molecular formula is C13H16FNS. The number of nitriles is 1. The van der Waals surface area contributed by atoms with Gasteiger partial charge in [-0.2, -0.15) is 17.0 Å². The van der Waals surface area contributed by atoms with Crippen LogP contribution in [0.15, 0.2) is 18.2 Å². The van der Waals surface area contributed by atoms with Gasteiger partial charge in [0.05, 0.1) is 11.6 Å². The Bertz CT molecular complexity index is 395. The summed E-state index contributed by atoms with van der Waals surface area (Å²) in [5.74, 6) is 1.03. The molecule has 0 heterocycles. The molecule has 0 N–H and O–H groups in total. The van der Waals surface area contributed by atoms with E-state index in [4.69, 9.17) is 5.26 Å². The van der Waals surface area contributed by atoms with Crippen LogP contribution in [-0.2, 0) is 5.75 Å². The molecule has 0 aliphatic carbocycles. The van der Waals surface area contributed by atoms with Crippen LogP contribution in [-0.4, -0.2) is 5.25 Å². The number of halogens is 1. The highest BCUT2D eigenvalue weighted by Crippen LogP contribution is 2.23. The first-order valence-electron chi connectivity index (χ1n) is 5.34. The van der Waals surface area contributed by atoms with Crippen molar-refractivity contribution >= 4 is 11.8 Å². The molecule has 0 bridgehead atoms. The highest BCUT2D eigenvalue weighted by Gasteiger charge is 2.08. The molecule has 16 heavy (non-hydrogen) atoms. The molecule has 0 radical (unpaired) electrons. The molecule has 0 fully saturated rings. The monoisotopic (exact) mass is 237 g/mol. The van der Waals surface area contributed by atoms with Crippen LogP contribution in [0.3, 0.4) is 0 Å². The summed E-state index contributed by atoms with van der Waals surface area (Å²) in [6.07, 6.45) is 0. The van der Waals surface area contributed by atoms with E-state index in [9.17, 15) is 4.39 Å². The summed E-state index contributed by atoms with van der Waals surface area (Å²) in [4.78, 5) is 0. The number of hydrogen-bond acceptors (Lipinski definition) is 2. The van der Waals surface area contributed by atoms with Crippen LogP contribution < -0.4 is 0 Å². The minimum Gasteiger partial charge on any atom is -0.207 e. The predicted octanol–water partition coefficient (Wildman–Crippen LogP) is 3.98. The van der Waals surface area contributed by atoms with Crippen LogP contribution >= 0.6 is 11.8 Å². The lowest BCUT2D eigenvalue weighted by atomic mass is 10.1. The number of hydrogen-bond donors (Lipinski definition) is 0. The van der Waals surface area contributed by atoms with Crippen molar-refractivity contribution in [2.24, 2.45) is 5.92 Å². The van der Waals surface area contributed by atoms with Crippen LogP contribution in [0.1, 0.15) is 31.9 Å². The molecule has 1 aromatic carbocycles. The molecule has 0 amide bonds. The normalized spacial score (nSPS) is 12.5. The number of nitrogens with zero attached hydrogens (tertiary/aromatic N) is 1. The Kier molecular flexibility index (Phi) is 4.82. The number of rotatable bonds is 4. The Labute approximate surface area is 101 Å². The quantitative estimate of drug-likeness (QED) is 0.791. The third-order valence-electron chi connectivity index (χ3n) is 2.54. The first kappa shape index (κ1) is 13.1. The molecule has 1 rings (SSSR count). The molecule has 0 saturated carbocycles. The van der Waals surface area contributed by atoms with Crippen LogP contribution in [0.4, 0.5) is 4.39 Å². The molecule has 1 unspecified atom stereocenters. The minimum absolute atomic E-state index is 0.327. The molecule has 3 heteroatoms. The summed E-state index contributed by atoms with van der Waals surface area (Å²) < 4.78 is 13.1. The van der Waals surface area contributed by atoms with Crippen molar-refractivity contribution in [1.29, 1.82) is 5.26 Å². The maximum Gasteiger partial charge on any atom is 0.124 e. The van der Waals surface area contributed by atoms with Gasteiger partial charge in [-0.15, -0.1) is 0 Å². The fourth-order valence-corrected chi connectivity index (χ4v) is 2.23. The molecule has 1 nitrogen and oxygen atoms in total. The zero-order chi connectivity index (χ0) is 12.1. The van der Waals surface area contributed by atoms with Gasteiger partial charge in [0.1, 0.15) is 5.82 Å². The molecule has 86 valence electrons. The summed E-state index contributed by atoms with van der Waals surface area (Å²) >= 11 is 1.79. The van der Waals surface area contributed by atoms with Crippen molar-refractivity contribution in [3.8, 4) is 6.07 Å². The van der Waals surface area contributed by atoms with E-state index in [-0.39, 0.29) is 5.82 Å². The average Bonchev–Trinajstić information content (AvgIpc) is 2.24. The predicted molar refractivity (Wildman–Crippen MR) is 66.7 cm³/mol. The Morgan fingerprint density at radius 1 is 1.31 bits per heavy atom. The Hall–Kier alpha value is -1.01. The lowest BCUT2D eigenvalue weighted by Crippen LogP contribution is -2.05. The highest BCUT2D eigenvalue weighted by molar-refractivity contribution is 7.99. The summed E-state index contributed by atoms with van der Waals surface area (Å²) in [5.41, 5.74) is 1.28. The van der Waals surface area contributed by atoms with Gasteiger partial charge in [-0.05, 0) is 29.7 Å². The van der Waals surface area contributed by atoms with Crippen LogP contribution in [0.25, 0.3) is 0 Å². The fourth-order valence-electron chi connectivity index (χ4n) is 1.22. The van der Waals surface area contributed by atoms with Gasteiger partial charge in [-0.25, -0.2) is 4.39 Å². The average molecular weight is 237 g/mol. The fraction of sp³-hybridized carbons (Fsp3) is 0.462. The van der Waals surface area contributed by atoms with Crippen LogP contribution in [0.2, 0.25) is 0 Å².